The fourth-order valence-corrected chi connectivity index (χ4v) is 2.30. The summed E-state index contributed by atoms with van der Waals surface area (Å²) in [7, 11) is 1.67. The van der Waals surface area contributed by atoms with Crippen molar-refractivity contribution in [3.8, 4) is 11.4 Å². The van der Waals surface area contributed by atoms with Crippen molar-refractivity contribution in [2.45, 2.75) is 18.6 Å². The molecule has 8 heteroatoms. The maximum atomic E-state index is 10.6. The molecule has 2 atom stereocenters. The van der Waals surface area contributed by atoms with Crippen molar-refractivity contribution in [2.24, 2.45) is 0 Å². The monoisotopic (exact) mass is 290 g/mol. The van der Waals surface area contributed by atoms with E-state index >= 15 is 0 Å². The zero-order valence-corrected chi connectivity index (χ0v) is 11.4. The second kappa shape index (κ2) is 5.58. The summed E-state index contributed by atoms with van der Waals surface area (Å²) in [6.07, 6.45) is 0.919. The number of ether oxygens (including phenoxy) is 1. The van der Waals surface area contributed by atoms with E-state index < -0.39 is 4.92 Å². The quantitative estimate of drug-likeness (QED) is 0.675. The van der Waals surface area contributed by atoms with Crippen molar-refractivity contribution in [3.05, 3.63) is 40.3 Å². The number of nitrogens with one attached hydrogen (secondary N) is 1. The molecule has 1 aliphatic heterocycles. The Morgan fingerprint density at radius 2 is 2.19 bits per heavy atom. The highest BCUT2D eigenvalue weighted by molar-refractivity contribution is 5.56. The number of hydrogen-bond acceptors (Lipinski definition) is 7. The van der Waals surface area contributed by atoms with Gasteiger partial charge in [0.15, 0.2) is 0 Å². The molecular weight excluding hydrogens is 276 g/mol. The normalized spacial score (nSPS) is 21.6. The standard InChI is InChI=1S/C13H14N4O4/c1-20-10-6-11(14-7-10)13-15-12(16-21-13)8-2-4-9(5-3-8)17(18)19/h2-5,10-11,14H,6-7H2,1H3/t10-,11+/m0/s1. The van der Waals surface area contributed by atoms with E-state index in [2.05, 4.69) is 15.5 Å². The molecule has 1 aliphatic rings. The van der Waals surface area contributed by atoms with E-state index in [9.17, 15) is 10.1 Å². The van der Waals surface area contributed by atoms with Crippen molar-refractivity contribution in [3.63, 3.8) is 0 Å². The Balaban J connectivity index is 1.77. The molecule has 1 saturated heterocycles. The van der Waals surface area contributed by atoms with E-state index in [4.69, 9.17) is 9.26 Å². The number of nitro groups is 1. The average molecular weight is 290 g/mol. The maximum Gasteiger partial charge on any atom is 0.269 e. The molecule has 3 rings (SSSR count). The molecule has 1 aromatic carbocycles. The first-order valence-corrected chi connectivity index (χ1v) is 6.52. The molecule has 0 spiro atoms. The fraction of sp³-hybridized carbons (Fsp3) is 0.385. The molecule has 0 radical (unpaired) electrons. The van der Waals surface area contributed by atoms with Gasteiger partial charge in [0.05, 0.1) is 17.1 Å². The van der Waals surface area contributed by atoms with Crippen LogP contribution in [-0.2, 0) is 4.74 Å². The van der Waals surface area contributed by atoms with Crippen molar-refractivity contribution < 1.29 is 14.2 Å². The predicted octanol–water partition coefficient (Wildman–Crippen LogP) is 1.69. The van der Waals surface area contributed by atoms with E-state index in [0.717, 1.165) is 13.0 Å². The second-order valence-corrected chi connectivity index (χ2v) is 4.81. The first-order valence-electron chi connectivity index (χ1n) is 6.52. The zero-order chi connectivity index (χ0) is 14.8. The van der Waals surface area contributed by atoms with Gasteiger partial charge in [-0.1, -0.05) is 5.16 Å². The summed E-state index contributed by atoms with van der Waals surface area (Å²) in [6, 6.07) is 6.02. The molecular formula is C13H14N4O4. The van der Waals surface area contributed by atoms with Crippen LogP contribution in [0.1, 0.15) is 18.4 Å². The maximum absolute atomic E-state index is 10.6. The molecule has 1 N–H and O–H groups in total. The van der Waals surface area contributed by atoms with Crippen molar-refractivity contribution >= 4 is 5.69 Å². The highest BCUT2D eigenvalue weighted by atomic mass is 16.6. The molecule has 0 bridgehead atoms. The summed E-state index contributed by atoms with van der Waals surface area (Å²) in [5.41, 5.74) is 0.708. The Kier molecular flexibility index (Phi) is 3.63. The highest BCUT2D eigenvalue weighted by Gasteiger charge is 2.29. The molecule has 1 fully saturated rings. The SMILES string of the molecule is CO[C@@H]1CN[C@@H](c2nc(-c3ccc([N+](=O)[O-])cc3)no2)C1. The lowest BCUT2D eigenvalue weighted by Gasteiger charge is -2.04. The Morgan fingerprint density at radius 3 is 2.81 bits per heavy atom. The van der Waals surface area contributed by atoms with E-state index in [0.29, 0.717) is 17.3 Å². The molecule has 110 valence electrons. The lowest BCUT2D eigenvalue weighted by molar-refractivity contribution is -0.384. The Morgan fingerprint density at radius 1 is 1.43 bits per heavy atom. The third-order valence-electron chi connectivity index (χ3n) is 3.50. The fourth-order valence-electron chi connectivity index (χ4n) is 2.30. The van der Waals surface area contributed by atoms with Crippen LogP contribution in [0.5, 0.6) is 0 Å². The number of hydrogen-bond donors (Lipinski definition) is 1. The van der Waals surface area contributed by atoms with Crippen molar-refractivity contribution in [1.29, 1.82) is 0 Å². The number of benzene rings is 1. The number of nitrogens with zero attached hydrogens (tertiary/aromatic N) is 3. The lowest BCUT2D eigenvalue weighted by Crippen LogP contribution is -2.16. The van der Waals surface area contributed by atoms with E-state index in [-0.39, 0.29) is 17.8 Å². The average Bonchev–Trinajstić information content (AvgIpc) is 3.16. The van der Waals surface area contributed by atoms with Gasteiger partial charge >= 0.3 is 0 Å². The minimum Gasteiger partial charge on any atom is -0.380 e. The van der Waals surface area contributed by atoms with Crippen LogP contribution in [0.25, 0.3) is 11.4 Å². The number of aromatic nitrogens is 2. The summed E-state index contributed by atoms with van der Waals surface area (Å²) in [4.78, 5) is 14.5. The van der Waals surface area contributed by atoms with Gasteiger partial charge in [-0.2, -0.15) is 4.98 Å². The molecule has 1 aromatic heterocycles. The zero-order valence-electron chi connectivity index (χ0n) is 11.4. The van der Waals surface area contributed by atoms with Gasteiger partial charge in [0.25, 0.3) is 5.69 Å². The molecule has 0 unspecified atom stereocenters. The van der Waals surface area contributed by atoms with Crippen LogP contribution in [0.2, 0.25) is 0 Å². The molecule has 2 aromatic rings. The van der Waals surface area contributed by atoms with Crippen LogP contribution < -0.4 is 5.32 Å². The van der Waals surface area contributed by atoms with Crippen LogP contribution in [0.15, 0.2) is 28.8 Å². The largest absolute Gasteiger partial charge is 0.380 e. The molecule has 0 aliphatic carbocycles. The molecule has 2 heterocycles. The number of rotatable bonds is 4. The third kappa shape index (κ3) is 2.76. The van der Waals surface area contributed by atoms with Crippen molar-refractivity contribution in [2.75, 3.05) is 13.7 Å². The summed E-state index contributed by atoms with van der Waals surface area (Å²) >= 11 is 0. The first-order chi connectivity index (χ1) is 10.2. The van der Waals surface area contributed by atoms with Crippen LogP contribution in [-0.4, -0.2) is 34.8 Å². The first kappa shape index (κ1) is 13.7. The van der Waals surface area contributed by atoms with E-state index in [1.165, 1.54) is 12.1 Å². The summed E-state index contributed by atoms with van der Waals surface area (Å²) < 4.78 is 10.5. The Bertz CT molecular complexity index is 640. The number of non-ortho nitro benzene ring substituents is 1. The van der Waals surface area contributed by atoms with Crippen molar-refractivity contribution in [1.82, 2.24) is 15.5 Å². The Hall–Kier alpha value is -2.32. The van der Waals surface area contributed by atoms with Gasteiger partial charge in [-0.3, -0.25) is 10.1 Å². The summed E-state index contributed by atoms with van der Waals surface area (Å²) in [6.45, 7) is 0.746. The minimum atomic E-state index is -0.446. The van der Waals surface area contributed by atoms with Gasteiger partial charge < -0.3 is 14.6 Å². The van der Waals surface area contributed by atoms with E-state index in [1.807, 2.05) is 0 Å². The van der Waals surface area contributed by atoms with Gasteiger partial charge in [-0.15, -0.1) is 0 Å². The van der Waals surface area contributed by atoms with Gasteiger partial charge in [-0.25, -0.2) is 0 Å². The van der Waals surface area contributed by atoms with Gasteiger partial charge in [0.1, 0.15) is 0 Å². The number of nitro benzene ring substituents is 1. The minimum absolute atomic E-state index is 0.0192. The molecule has 8 nitrogen and oxygen atoms in total. The summed E-state index contributed by atoms with van der Waals surface area (Å²) in [5.74, 6) is 0.922. The van der Waals surface area contributed by atoms with Crippen LogP contribution in [0.3, 0.4) is 0 Å². The topological polar surface area (TPSA) is 103 Å². The third-order valence-corrected chi connectivity index (χ3v) is 3.50. The number of methoxy groups -OCH3 is 1. The molecule has 21 heavy (non-hydrogen) atoms. The van der Waals surface area contributed by atoms with E-state index in [1.54, 1.807) is 19.2 Å². The van der Waals surface area contributed by atoms with Gasteiger partial charge in [0.2, 0.25) is 11.7 Å². The summed E-state index contributed by atoms with van der Waals surface area (Å²) in [5, 5.41) is 17.8. The smallest absolute Gasteiger partial charge is 0.269 e. The van der Waals surface area contributed by atoms with Crippen LogP contribution in [0.4, 0.5) is 5.69 Å². The van der Waals surface area contributed by atoms with Gasteiger partial charge in [-0.05, 0) is 18.6 Å². The van der Waals surface area contributed by atoms with Crippen LogP contribution >= 0.6 is 0 Å². The van der Waals surface area contributed by atoms with Gasteiger partial charge in [0, 0.05) is 31.4 Å². The lowest BCUT2D eigenvalue weighted by atomic mass is 10.2. The molecule has 0 amide bonds. The second-order valence-electron chi connectivity index (χ2n) is 4.81. The Labute approximate surface area is 120 Å². The van der Waals surface area contributed by atoms with Crippen LogP contribution in [0, 0.1) is 10.1 Å². The predicted molar refractivity (Wildman–Crippen MR) is 72.5 cm³/mol. The highest BCUT2D eigenvalue weighted by Crippen LogP contribution is 2.26. The molecule has 0 saturated carbocycles.